The van der Waals surface area contributed by atoms with Gasteiger partial charge in [-0.15, -0.1) is 0 Å². The third-order valence-corrected chi connectivity index (χ3v) is 4.50. The Morgan fingerprint density at radius 1 is 1.27 bits per heavy atom. The van der Waals surface area contributed by atoms with Crippen molar-refractivity contribution in [2.24, 2.45) is 5.92 Å². The van der Waals surface area contributed by atoms with Gasteiger partial charge in [-0.2, -0.15) is 0 Å². The summed E-state index contributed by atoms with van der Waals surface area (Å²) >= 11 is 0. The fourth-order valence-corrected chi connectivity index (χ4v) is 3.05. The molecule has 1 amide bonds. The Bertz CT molecular complexity index is 452. The average Bonchev–Trinajstić information content (AvgIpc) is 2.58. The third-order valence-electron chi connectivity index (χ3n) is 4.50. The van der Waals surface area contributed by atoms with Gasteiger partial charge in [-0.05, 0) is 30.0 Å². The highest BCUT2D eigenvalue weighted by Gasteiger charge is 2.15. The number of aliphatic hydroxyl groups excluding tert-OH is 1. The summed E-state index contributed by atoms with van der Waals surface area (Å²) in [5.74, 6) is 1.51. The Morgan fingerprint density at radius 2 is 1.95 bits per heavy atom. The number of rotatable bonds is 7. The van der Waals surface area contributed by atoms with Crippen LogP contribution in [0.4, 0.5) is 0 Å². The molecule has 0 aromatic heterocycles. The summed E-state index contributed by atoms with van der Waals surface area (Å²) in [6.45, 7) is 0.260. The fraction of sp³-hybridized carbons (Fsp3) is 0.611. The van der Waals surface area contributed by atoms with Gasteiger partial charge in [0.15, 0.2) is 0 Å². The number of carbonyl (C=O) groups is 1. The fourth-order valence-electron chi connectivity index (χ4n) is 3.05. The number of benzene rings is 1. The standard InChI is InChI=1S/C18H27NO3/c1-22-16-10-8-15(9-11-16)17(20)13-19-18(21)12-7-14-5-3-2-4-6-14/h8-11,14,17,20H,2-7,12-13H2,1H3,(H,19,21). The quantitative estimate of drug-likeness (QED) is 0.813. The van der Waals surface area contributed by atoms with Gasteiger partial charge in [0.25, 0.3) is 0 Å². The summed E-state index contributed by atoms with van der Waals surface area (Å²) in [5, 5.41) is 12.9. The second kappa shape index (κ2) is 8.79. The van der Waals surface area contributed by atoms with Crippen LogP contribution in [0.25, 0.3) is 0 Å². The van der Waals surface area contributed by atoms with Crippen molar-refractivity contribution in [2.75, 3.05) is 13.7 Å². The number of nitrogens with one attached hydrogen (secondary N) is 1. The van der Waals surface area contributed by atoms with Crippen LogP contribution in [0.1, 0.15) is 56.6 Å². The molecule has 2 rings (SSSR count). The summed E-state index contributed by atoms with van der Waals surface area (Å²) in [5.41, 5.74) is 0.786. The molecular formula is C18H27NO3. The number of aliphatic hydroxyl groups is 1. The lowest BCUT2D eigenvalue weighted by Gasteiger charge is -2.21. The van der Waals surface area contributed by atoms with Crippen molar-refractivity contribution in [2.45, 2.75) is 51.0 Å². The van der Waals surface area contributed by atoms with Crippen molar-refractivity contribution in [3.05, 3.63) is 29.8 Å². The lowest BCUT2D eigenvalue weighted by molar-refractivity contribution is -0.121. The van der Waals surface area contributed by atoms with E-state index in [-0.39, 0.29) is 12.5 Å². The predicted octanol–water partition coefficient (Wildman–Crippen LogP) is 3.21. The summed E-state index contributed by atoms with van der Waals surface area (Å²) in [6, 6.07) is 7.25. The molecule has 0 aliphatic heterocycles. The number of ether oxygens (including phenoxy) is 1. The van der Waals surface area contributed by atoms with Crippen molar-refractivity contribution >= 4 is 5.91 Å². The predicted molar refractivity (Wildman–Crippen MR) is 86.8 cm³/mol. The molecule has 1 saturated carbocycles. The summed E-state index contributed by atoms with van der Waals surface area (Å²) in [7, 11) is 1.61. The van der Waals surface area contributed by atoms with Gasteiger partial charge in [-0.1, -0.05) is 44.2 Å². The largest absolute Gasteiger partial charge is 0.497 e. The minimum absolute atomic E-state index is 0.0399. The molecule has 0 saturated heterocycles. The molecule has 1 aromatic carbocycles. The van der Waals surface area contributed by atoms with E-state index < -0.39 is 6.10 Å². The van der Waals surface area contributed by atoms with Gasteiger partial charge in [-0.3, -0.25) is 4.79 Å². The summed E-state index contributed by atoms with van der Waals surface area (Å²) in [6.07, 6.45) is 7.36. The second-order valence-electron chi connectivity index (χ2n) is 6.14. The van der Waals surface area contributed by atoms with Gasteiger partial charge in [0.1, 0.15) is 5.75 Å². The molecule has 1 unspecified atom stereocenters. The van der Waals surface area contributed by atoms with Crippen molar-refractivity contribution in [1.82, 2.24) is 5.32 Å². The Kier molecular flexibility index (Phi) is 6.72. The van der Waals surface area contributed by atoms with Crippen molar-refractivity contribution in [3.8, 4) is 5.75 Å². The minimum Gasteiger partial charge on any atom is -0.497 e. The molecule has 2 N–H and O–H groups in total. The highest BCUT2D eigenvalue weighted by Crippen LogP contribution is 2.27. The van der Waals surface area contributed by atoms with E-state index >= 15 is 0 Å². The van der Waals surface area contributed by atoms with E-state index in [1.54, 1.807) is 7.11 Å². The molecule has 1 aliphatic rings. The molecule has 0 heterocycles. The lowest BCUT2D eigenvalue weighted by Crippen LogP contribution is -2.28. The van der Waals surface area contributed by atoms with Gasteiger partial charge in [0.05, 0.1) is 13.2 Å². The zero-order valence-electron chi connectivity index (χ0n) is 13.4. The van der Waals surface area contributed by atoms with Crippen LogP contribution in [0.5, 0.6) is 5.75 Å². The number of hydrogen-bond donors (Lipinski definition) is 2. The highest BCUT2D eigenvalue weighted by molar-refractivity contribution is 5.75. The van der Waals surface area contributed by atoms with E-state index in [4.69, 9.17) is 4.74 Å². The molecule has 122 valence electrons. The first-order valence-electron chi connectivity index (χ1n) is 8.27. The number of carbonyl (C=O) groups excluding carboxylic acids is 1. The van der Waals surface area contributed by atoms with Crippen LogP contribution in [0.15, 0.2) is 24.3 Å². The van der Waals surface area contributed by atoms with Crippen LogP contribution in [-0.2, 0) is 4.79 Å². The highest BCUT2D eigenvalue weighted by atomic mass is 16.5. The number of hydrogen-bond acceptors (Lipinski definition) is 3. The van der Waals surface area contributed by atoms with Gasteiger partial charge >= 0.3 is 0 Å². The lowest BCUT2D eigenvalue weighted by atomic mass is 9.86. The smallest absolute Gasteiger partial charge is 0.220 e. The SMILES string of the molecule is COc1ccc(C(O)CNC(=O)CCC2CCCCC2)cc1. The monoisotopic (exact) mass is 305 g/mol. The van der Waals surface area contributed by atoms with E-state index in [0.717, 1.165) is 17.7 Å². The van der Waals surface area contributed by atoms with E-state index in [1.807, 2.05) is 24.3 Å². The van der Waals surface area contributed by atoms with Crippen LogP contribution in [-0.4, -0.2) is 24.7 Å². The van der Waals surface area contributed by atoms with Crippen LogP contribution in [0.2, 0.25) is 0 Å². The van der Waals surface area contributed by atoms with Crippen molar-refractivity contribution in [1.29, 1.82) is 0 Å². The second-order valence-corrected chi connectivity index (χ2v) is 6.14. The van der Waals surface area contributed by atoms with Crippen LogP contribution < -0.4 is 10.1 Å². The maximum Gasteiger partial charge on any atom is 0.220 e. The molecule has 1 aromatic rings. The first-order chi connectivity index (χ1) is 10.7. The van der Waals surface area contributed by atoms with E-state index in [1.165, 1.54) is 32.1 Å². The van der Waals surface area contributed by atoms with Crippen molar-refractivity contribution in [3.63, 3.8) is 0 Å². The molecule has 0 bridgehead atoms. The van der Waals surface area contributed by atoms with Gasteiger partial charge in [0.2, 0.25) is 5.91 Å². The molecule has 22 heavy (non-hydrogen) atoms. The molecule has 1 atom stereocenters. The first kappa shape index (κ1) is 16.8. The van der Waals surface area contributed by atoms with Gasteiger partial charge < -0.3 is 15.2 Å². The summed E-state index contributed by atoms with van der Waals surface area (Å²) < 4.78 is 5.09. The van der Waals surface area contributed by atoms with Crippen molar-refractivity contribution < 1.29 is 14.6 Å². The Balaban J connectivity index is 1.68. The Morgan fingerprint density at radius 3 is 2.59 bits per heavy atom. The maximum absolute atomic E-state index is 11.9. The van der Waals surface area contributed by atoms with Gasteiger partial charge in [0, 0.05) is 13.0 Å². The maximum atomic E-state index is 11.9. The zero-order chi connectivity index (χ0) is 15.8. The Labute approximate surface area is 132 Å². The van der Waals surface area contributed by atoms with E-state index in [2.05, 4.69) is 5.32 Å². The Hall–Kier alpha value is -1.55. The number of amides is 1. The first-order valence-corrected chi connectivity index (χ1v) is 8.27. The molecule has 4 heteroatoms. The molecule has 0 radical (unpaired) electrons. The van der Waals surface area contributed by atoms with Crippen LogP contribution >= 0.6 is 0 Å². The number of methoxy groups -OCH3 is 1. The minimum atomic E-state index is -0.676. The van der Waals surface area contributed by atoms with E-state index in [0.29, 0.717) is 12.3 Å². The normalized spacial score (nSPS) is 17.0. The third kappa shape index (κ3) is 5.34. The summed E-state index contributed by atoms with van der Waals surface area (Å²) in [4.78, 5) is 11.9. The van der Waals surface area contributed by atoms with Crippen LogP contribution in [0.3, 0.4) is 0 Å². The van der Waals surface area contributed by atoms with Crippen LogP contribution in [0, 0.1) is 5.92 Å². The molecule has 1 aliphatic carbocycles. The zero-order valence-corrected chi connectivity index (χ0v) is 13.4. The molecule has 0 spiro atoms. The molecule has 4 nitrogen and oxygen atoms in total. The van der Waals surface area contributed by atoms with Gasteiger partial charge in [-0.25, -0.2) is 0 Å². The molecule has 1 fully saturated rings. The topological polar surface area (TPSA) is 58.6 Å². The van der Waals surface area contributed by atoms with E-state index in [9.17, 15) is 9.90 Å². The molecular weight excluding hydrogens is 278 g/mol. The average molecular weight is 305 g/mol.